The van der Waals surface area contributed by atoms with Gasteiger partial charge in [0.1, 0.15) is 12.4 Å². The highest BCUT2D eigenvalue weighted by Crippen LogP contribution is 2.19. The lowest BCUT2D eigenvalue weighted by Crippen LogP contribution is -2.49. The summed E-state index contributed by atoms with van der Waals surface area (Å²) < 4.78 is 10.6. The molecule has 1 amide bonds. The lowest BCUT2D eigenvalue weighted by atomic mass is 10.0. The van der Waals surface area contributed by atoms with Crippen LogP contribution < -0.4 is 4.74 Å². The van der Waals surface area contributed by atoms with Crippen molar-refractivity contribution in [1.29, 1.82) is 0 Å². The second-order valence-corrected chi connectivity index (χ2v) is 5.73. The van der Waals surface area contributed by atoms with E-state index < -0.39 is 0 Å². The molecule has 4 nitrogen and oxygen atoms in total. The molecule has 0 aromatic heterocycles. The Bertz CT molecular complexity index is 639. The van der Waals surface area contributed by atoms with Gasteiger partial charge in [-0.1, -0.05) is 42.5 Å². The number of carbonyl (C=O) groups excluding carboxylic acids is 1. The van der Waals surface area contributed by atoms with Crippen LogP contribution in [-0.2, 0) is 22.5 Å². The van der Waals surface area contributed by atoms with E-state index in [0.717, 1.165) is 17.7 Å². The van der Waals surface area contributed by atoms with Crippen molar-refractivity contribution in [3.8, 4) is 5.75 Å². The molecule has 1 aliphatic heterocycles. The Hall–Kier alpha value is -2.33. The van der Waals surface area contributed by atoms with Crippen LogP contribution in [0.15, 0.2) is 54.6 Å². The number of hydrogen-bond acceptors (Lipinski definition) is 3. The number of ether oxygens (including phenoxy) is 2. The Kier molecular flexibility index (Phi) is 4.93. The van der Waals surface area contributed by atoms with Crippen LogP contribution in [0.1, 0.15) is 11.1 Å². The van der Waals surface area contributed by atoms with E-state index in [9.17, 15) is 4.79 Å². The summed E-state index contributed by atoms with van der Waals surface area (Å²) in [6.45, 7) is 1.35. The summed E-state index contributed by atoms with van der Waals surface area (Å²) in [7, 11) is 1.65. The fraction of sp³-hybridized carbons (Fsp3) is 0.316. The number of methoxy groups -OCH3 is 1. The number of hydrogen-bond donors (Lipinski definition) is 0. The van der Waals surface area contributed by atoms with Crippen LogP contribution >= 0.6 is 0 Å². The Balaban J connectivity index is 1.73. The maximum Gasteiger partial charge on any atom is 0.249 e. The molecule has 120 valence electrons. The minimum atomic E-state index is 0.0491. The lowest BCUT2D eigenvalue weighted by Gasteiger charge is -2.35. The van der Waals surface area contributed by atoms with Crippen molar-refractivity contribution in [3.63, 3.8) is 0 Å². The van der Waals surface area contributed by atoms with E-state index in [1.807, 2.05) is 47.4 Å². The van der Waals surface area contributed by atoms with E-state index in [1.165, 1.54) is 5.56 Å². The van der Waals surface area contributed by atoms with Crippen LogP contribution in [0.4, 0.5) is 0 Å². The molecule has 23 heavy (non-hydrogen) atoms. The number of rotatable bonds is 5. The van der Waals surface area contributed by atoms with Gasteiger partial charge in [0.2, 0.25) is 5.91 Å². The van der Waals surface area contributed by atoms with Crippen LogP contribution in [0.3, 0.4) is 0 Å². The molecule has 0 spiro atoms. The van der Waals surface area contributed by atoms with Gasteiger partial charge in [-0.15, -0.1) is 0 Å². The normalized spacial score (nSPS) is 18.0. The van der Waals surface area contributed by atoms with Gasteiger partial charge in [-0.2, -0.15) is 0 Å². The van der Waals surface area contributed by atoms with E-state index in [-0.39, 0.29) is 18.6 Å². The zero-order chi connectivity index (χ0) is 16.1. The van der Waals surface area contributed by atoms with Gasteiger partial charge in [0.25, 0.3) is 0 Å². The highest BCUT2D eigenvalue weighted by Gasteiger charge is 2.28. The zero-order valence-corrected chi connectivity index (χ0v) is 13.3. The molecule has 0 aliphatic carbocycles. The molecular weight excluding hydrogens is 290 g/mol. The minimum absolute atomic E-state index is 0.0491. The van der Waals surface area contributed by atoms with E-state index in [0.29, 0.717) is 13.2 Å². The molecule has 0 saturated carbocycles. The van der Waals surface area contributed by atoms with Gasteiger partial charge in [0.05, 0.1) is 19.8 Å². The third kappa shape index (κ3) is 3.90. The van der Waals surface area contributed by atoms with Crippen molar-refractivity contribution in [2.45, 2.75) is 19.0 Å². The number of nitrogens with zero attached hydrogens (tertiary/aromatic N) is 1. The van der Waals surface area contributed by atoms with E-state index >= 15 is 0 Å². The van der Waals surface area contributed by atoms with Gasteiger partial charge in [-0.05, 0) is 29.7 Å². The molecule has 2 aromatic carbocycles. The molecule has 1 unspecified atom stereocenters. The third-order valence-electron chi connectivity index (χ3n) is 4.12. The van der Waals surface area contributed by atoms with Gasteiger partial charge >= 0.3 is 0 Å². The number of morpholine rings is 1. The first-order valence-electron chi connectivity index (χ1n) is 7.80. The summed E-state index contributed by atoms with van der Waals surface area (Å²) in [4.78, 5) is 14.2. The molecule has 0 N–H and O–H groups in total. The van der Waals surface area contributed by atoms with Crippen molar-refractivity contribution >= 4 is 5.91 Å². The summed E-state index contributed by atoms with van der Waals surface area (Å²) in [6, 6.07) is 18.1. The average Bonchev–Trinajstić information content (AvgIpc) is 2.59. The SMILES string of the molecule is COc1ccc(CN2C(=O)COCC2Cc2ccccc2)cc1. The number of benzene rings is 2. The zero-order valence-electron chi connectivity index (χ0n) is 13.3. The molecule has 1 atom stereocenters. The predicted molar refractivity (Wildman–Crippen MR) is 88.3 cm³/mol. The Labute approximate surface area is 136 Å². The minimum Gasteiger partial charge on any atom is -0.497 e. The molecule has 2 aromatic rings. The van der Waals surface area contributed by atoms with Crippen LogP contribution in [0.25, 0.3) is 0 Å². The molecule has 1 heterocycles. The molecule has 1 fully saturated rings. The molecule has 1 aliphatic rings. The van der Waals surface area contributed by atoms with Crippen LogP contribution in [0.2, 0.25) is 0 Å². The van der Waals surface area contributed by atoms with Crippen molar-refractivity contribution in [3.05, 3.63) is 65.7 Å². The van der Waals surface area contributed by atoms with E-state index in [4.69, 9.17) is 9.47 Å². The second kappa shape index (κ2) is 7.29. The fourth-order valence-corrected chi connectivity index (χ4v) is 2.86. The first-order valence-corrected chi connectivity index (χ1v) is 7.80. The first kappa shape index (κ1) is 15.6. The Morgan fingerprint density at radius 1 is 1.09 bits per heavy atom. The maximum absolute atomic E-state index is 12.3. The summed E-state index contributed by atoms with van der Waals surface area (Å²) in [5, 5.41) is 0. The largest absolute Gasteiger partial charge is 0.497 e. The molecule has 4 heteroatoms. The predicted octanol–water partition coefficient (Wildman–Crippen LogP) is 2.67. The van der Waals surface area contributed by atoms with Crippen molar-refractivity contribution < 1.29 is 14.3 Å². The highest BCUT2D eigenvalue weighted by atomic mass is 16.5. The Morgan fingerprint density at radius 3 is 2.52 bits per heavy atom. The van der Waals surface area contributed by atoms with Crippen LogP contribution in [0, 0.1) is 0 Å². The molecule has 0 bridgehead atoms. The first-order chi connectivity index (χ1) is 11.3. The maximum atomic E-state index is 12.3. The lowest BCUT2D eigenvalue weighted by molar-refractivity contribution is -0.148. The number of carbonyl (C=O) groups is 1. The van der Waals surface area contributed by atoms with Crippen molar-refractivity contribution in [1.82, 2.24) is 4.90 Å². The molecular formula is C19H21NO3. The van der Waals surface area contributed by atoms with Crippen molar-refractivity contribution in [2.75, 3.05) is 20.3 Å². The molecule has 3 rings (SSSR count). The van der Waals surface area contributed by atoms with E-state index in [2.05, 4.69) is 12.1 Å². The number of amides is 1. The third-order valence-corrected chi connectivity index (χ3v) is 4.12. The summed E-state index contributed by atoms with van der Waals surface area (Å²) >= 11 is 0. The van der Waals surface area contributed by atoms with Gasteiger partial charge in [0, 0.05) is 6.54 Å². The topological polar surface area (TPSA) is 38.8 Å². The highest BCUT2D eigenvalue weighted by molar-refractivity contribution is 5.78. The average molecular weight is 311 g/mol. The van der Waals surface area contributed by atoms with E-state index in [1.54, 1.807) is 7.11 Å². The second-order valence-electron chi connectivity index (χ2n) is 5.73. The smallest absolute Gasteiger partial charge is 0.249 e. The van der Waals surface area contributed by atoms with Gasteiger partial charge < -0.3 is 14.4 Å². The summed E-state index contributed by atoms with van der Waals surface area (Å²) in [5.74, 6) is 0.871. The monoisotopic (exact) mass is 311 g/mol. The summed E-state index contributed by atoms with van der Waals surface area (Å²) in [6.07, 6.45) is 0.808. The van der Waals surface area contributed by atoms with Gasteiger partial charge in [-0.25, -0.2) is 0 Å². The molecule has 1 saturated heterocycles. The fourth-order valence-electron chi connectivity index (χ4n) is 2.86. The van der Waals surface area contributed by atoms with Gasteiger partial charge in [-0.3, -0.25) is 4.79 Å². The summed E-state index contributed by atoms with van der Waals surface area (Å²) in [5.41, 5.74) is 2.31. The quantitative estimate of drug-likeness (QED) is 0.852. The van der Waals surface area contributed by atoms with Crippen molar-refractivity contribution in [2.24, 2.45) is 0 Å². The Morgan fingerprint density at radius 2 is 1.83 bits per heavy atom. The standard InChI is InChI=1S/C19H21NO3/c1-22-18-9-7-16(8-10-18)12-20-17(13-23-14-19(20)21)11-15-5-3-2-4-6-15/h2-10,17H,11-14H2,1H3. The van der Waals surface area contributed by atoms with Crippen LogP contribution in [0.5, 0.6) is 5.75 Å². The van der Waals surface area contributed by atoms with Crippen LogP contribution in [-0.4, -0.2) is 37.2 Å². The van der Waals surface area contributed by atoms with Gasteiger partial charge in [0.15, 0.2) is 0 Å². The molecule has 0 radical (unpaired) electrons.